The van der Waals surface area contributed by atoms with Gasteiger partial charge in [0.2, 0.25) is 5.91 Å². The first kappa shape index (κ1) is 21.7. The summed E-state index contributed by atoms with van der Waals surface area (Å²) in [6.07, 6.45) is 1.57. The number of hydrogen-bond acceptors (Lipinski definition) is 4. The van der Waals surface area contributed by atoms with E-state index in [2.05, 4.69) is 10.4 Å². The fourth-order valence-corrected chi connectivity index (χ4v) is 4.53. The highest BCUT2D eigenvalue weighted by Crippen LogP contribution is 2.36. The molecule has 0 fully saturated rings. The lowest BCUT2D eigenvalue weighted by molar-refractivity contribution is -0.126. The summed E-state index contributed by atoms with van der Waals surface area (Å²) in [5, 5.41) is 7.63. The lowest BCUT2D eigenvalue weighted by atomic mass is 9.92. The van der Waals surface area contributed by atoms with Gasteiger partial charge in [-0.25, -0.2) is 0 Å². The van der Waals surface area contributed by atoms with Gasteiger partial charge in [-0.2, -0.15) is 5.10 Å². The molecule has 2 aromatic heterocycles. The van der Waals surface area contributed by atoms with Crippen molar-refractivity contribution in [3.63, 3.8) is 0 Å². The second kappa shape index (κ2) is 8.33. The number of hydrogen-bond donors (Lipinski definition) is 1. The summed E-state index contributed by atoms with van der Waals surface area (Å²) in [5.74, 6) is 0.0502. The molecule has 5 rings (SSSR count). The number of carbonyl (C=O) groups is 2. The van der Waals surface area contributed by atoms with Crippen LogP contribution in [0.25, 0.3) is 11.5 Å². The van der Waals surface area contributed by atoms with Crippen molar-refractivity contribution >= 4 is 17.5 Å². The van der Waals surface area contributed by atoms with Crippen LogP contribution in [0.1, 0.15) is 34.1 Å². The van der Waals surface area contributed by atoms with Gasteiger partial charge in [-0.1, -0.05) is 48.0 Å². The van der Waals surface area contributed by atoms with E-state index >= 15 is 0 Å². The fraction of sp³-hybridized carbons (Fsp3) is 0.222. The molecule has 4 aromatic rings. The van der Waals surface area contributed by atoms with Crippen LogP contribution >= 0.6 is 0 Å². The largest absolute Gasteiger partial charge is 0.463 e. The predicted octanol–water partition coefficient (Wildman–Crippen LogP) is 4.50. The van der Waals surface area contributed by atoms with Crippen LogP contribution in [0.5, 0.6) is 0 Å². The maximum atomic E-state index is 13.9. The van der Waals surface area contributed by atoms with Crippen LogP contribution in [0.15, 0.2) is 77.4 Å². The Balaban J connectivity index is 1.57. The zero-order valence-electron chi connectivity index (χ0n) is 19.4. The number of nitrogens with zero attached hydrogens (tertiary/aromatic N) is 3. The van der Waals surface area contributed by atoms with E-state index < -0.39 is 5.54 Å². The molecule has 3 heterocycles. The number of furan rings is 1. The Hall–Kier alpha value is -4.13. The lowest BCUT2D eigenvalue weighted by Crippen LogP contribution is -2.64. The van der Waals surface area contributed by atoms with Gasteiger partial charge in [-0.05, 0) is 50.1 Å². The number of fused-ring (bicyclic) bond motifs is 1. The second-order valence-corrected chi connectivity index (χ2v) is 8.92. The summed E-state index contributed by atoms with van der Waals surface area (Å²) in [4.78, 5) is 29.2. The van der Waals surface area contributed by atoms with E-state index in [1.807, 2.05) is 62.4 Å². The molecule has 1 atom stereocenters. The van der Waals surface area contributed by atoms with Gasteiger partial charge in [-0.3, -0.25) is 19.2 Å². The molecule has 0 radical (unpaired) electrons. The van der Waals surface area contributed by atoms with E-state index in [4.69, 9.17) is 4.42 Å². The molecule has 172 valence electrons. The first-order chi connectivity index (χ1) is 16.4. The van der Waals surface area contributed by atoms with E-state index in [9.17, 15) is 9.59 Å². The molecule has 2 amide bonds. The van der Waals surface area contributed by atoms with Gasteiger partial charge >= 0.3 is 0 Å². The normalized spacial score (nSPS) is 17.5. The Morgan fingerprint density at radius 1 is 1.09 bits per heavy atom. The van der Waals surface area contributed by atoms with Crippen LogP contribution in [-0.2, 0) is 17.9 Å². The van der Waals surface area contributed by atoms with Crippen molar-refractivity contribution in [1.29, 1.82) is 0 Å². The molecule has 1 N–H and O–H groups in total. The van der Waals surface area contributed by atoms with E-state index in [-0.39, 0.29) is 18.4 Å². The topological polar surface area (TPSA) is 80.4 Å². The van der Waals surface area contributed by atoms with Crippen LogP contribution in [0.2, 0.25) is 0 Å². The number of rotatable bonds is 5. The number of nitrogens with one attached hydrogen (secondary N) is 1. The Kier molecular flexibility index (Phi) is 5.32. The monoisotopic (exact) mass is 454 g/mol. The summed E-state index contributed by atoms with van der Waals surface area (Å²) >= 11 is 0. The van der Waals surface area contributed by atoms with Crippen LogP contribution in [0, 0.1) is 13.8 Å². The standard InChI is InChI=1S/C27H26N4O3/c1-18-11-12-22(19(2)14-18)31-25(32)23-15-21(24-10-7-13-34-24)29-30(23)17-27(31,3)26(33)28-16-20-8-5-4-6-9-20/h4-15H,16-17H2,1-3H3,(H,28,33)/t27-/m1/s1. The molecule has 1 aliphatic rings. The molecule has 1 aliphatic heterocycles. The Morgan fingerprint density at radius 3 is 2.59 bits per heavy atom. The highest BCUT2D eigenvalue weighted by molar-refractivity contribution is 6.12. The average Bonchev–Trinajstić information content (AvgIpc) is 3.49. The first-order valence-corrected chi connectivity index (χ1v) is 11.2. The van der Waals surface area contributed by atoms with Crippen LogP contribution in [0.3, 0.4) is 0 Å². The van der Waals surface area contributed by atoms with E-state index in [0.717, 1.165) is 16.7 Å². The van der Waals surface area contributed by atoms with Crippen molar-refractivity contribution in [1.82, 2.24) is 15.1 Å². The fourth-order valence-electron chi connectivity index (χ4n) is 4.53. The summed E-state index contributed by atoms with van der Waals surface area (Å²) < 4.78 is 7.10. The first-order valence-electron chi connectivity index (χ1n) is 11.2. The van der Waals surface area contributed by atoms with Gasteiger partial charge in [0.15, 0.2) is 5.76 Å². The van der Waals surface area contributed by atoms with Crippen LogP contribution in [-0.4, -0.2) is 27.1 Å². The van der Waals surface area contributed by atoms with E-state index in [1.54, 1.807) is 41.0 Å². The number of carbonyl (C=O) groups excluding carboxylic acids is 2. The predicted molar refractivity (Wildman–Crippen MR) is 129 cm³/mol. The summed E-state index contributed by atoms with van der Waals surface area (Å²) in [6, 6.07) is 20.9. The molecule has 7 nitrogen and oxygen atoms in total. The van der Waals surface area contributed by atoms with Crippen molar-refractivity contribution in [2.75, 3.05) is 4.90 Å². The molecule has 0 aliphatic carbocycles. The second-order valence-electron chi connectivity index (χ2n) is 8.92. The van der Waals surface area contributed by atoms with Gasteiger partial charge < -0.3 is 9.73 Å². The minimum absolute atomic E-state index is 0.211. The smallest absolute Gasteiger partial charge is 0.277 e. The number of amides is 2. The maximum Gasteiger partial charge on any atom is 0.277 e. The molecule has 0 unspecified atom stereocenters. The van der Waals surface area contributed by atoms with Crippen molar-refractivity contribution in [3.05, 3.63) is 95.4 Å². The lowest BCUT2D eigenvalue weighted by Gasteiger charge is -2.43. The molecule has 0 spiro atoms. The quantitative estimate of drug-likeness (QED) is 0.482. The van der Waals surface area contributed by atoms with Crippen molar-refractivity contribution < 1.29 is 14.0 Å². The van der Waals surface area contributed by atoms with Gasteiger partial charge in [0.25, 0.3) is 5.91 Å². The third-order valence-corrected chi connectivity index (χ3v) is 6.31. The summed E-state index contributed by atoms with van der Waals surface area (Å²) in [7, 11) is 0. The minimum Gasteiger partial charge on any atom is -0.463 e. The third kappa shape index (κ3) is 3.69. The van der Waals surface area contributed by atoms with Crippen molar-refractivity contribution in [2.24, 2.45) is 0 Å². The van der Waals surface area contributed by atoms with Gasteiger partial charge in [0.1, 0.15) is 16.9 Å². The molecular formula is C27H26N4O3. The Bertz CT molecular complexity index is 1360. The zero-order chi connectivity index (χ0) is 23.9. The van der Waals surface area contributed by atoms with Crippen LogP contribution < -0.4 is 10.2 Å². The van der Waals surface area contributed by atoms with E-state index in [1.165, 1.54) is 0 Å². The Morgan fingerprint density at radius 2 is 1.88 bits per heavy atom. The summed E-state index contributed by atoms with van der Waals surface area (Å²) in [5.41, 5.74) is 3.49. The molecule has 0 saturated heterocycles. The highest BCUT2D eigenvalue weighted by Gasteiger charge is 2.49. The summed E-state index contributed by atoms with van der Waals surface area (Å²) in [6.45, 7) is 6.33. The Labute approximate surface area is 198 Å². The number of benzene rings is 2. The molecule has 2 aromatic carbocycles. The number of aryl methyl sites for hydroxylation is 2. The molecule has 34 heavy (non-hydrogen) atoms. The molecule has 0 saturated carbocycles. The molecule has 7 heteroatoms. The third-order valence-electron chi connectivity index (χ3n) is 6.31. The number of aromatic nitrogens is 2. The van der Waals surface area contributed by atoms with E-state index in [0.29, 0.717) is 29.4 Å². The van der Waals surface area contributed by atoms with Crippen LogP contribution in [0.4, 0.5) is 5.69 Å². The van der Waals surface area contributed by atoms with Gasteiger partial charge in [0.05, 0.1) is 12.8 Å². The number of anilines is 1. The zero-order valence-corrected chi connectivity index (χ0v) is 19.4. The SMILES string of the molecule is Cc1ccc(N2C(=O)c3cc(-c4ccco4)nn3C[C@]2(C)C(=O)NCc2ccccc2)c(C)c1. The average molecular weight is 455 g/mol. The van der Waals surface area contributed by atoms with Crippen molar-refractivity contribution in [3.8, 4) is 11.5 Å². The molecular weight excluding hydrogens is 428 g/mol. The van der Waals surface area contributed by atoms with Gasteiger partial charge in [0, 0.05) is 18.3 Å². The highest BCUT2D eigenvalue weighted by atomic mass is 16.3. The molecule has 0 bridgehead atoms. The van der Waals surface area contributed by atoms with Crippen molar-refractivity contribution in [2.45, 2.75) is 39.4 Å². The van der Waals surface area contributed by atoms with Gasteiger partial charge in [-0.15, -0.1) is 0 Å². The maximum absolute atomic E-state index is 13.9. The minimum atomic E-state index is -1.19.